The molecular weight excluding hydrogens is 332 g/mol. The predicted octanol–water partition coefficient (Wildman–Crippen LogP) is 3.52. The number of hydrogen-bond acceptors (Lipinski definition) is 5. The van der Waals surface area contributed by atoms with Crippen LogP contribution in [0.3, 0.4) is 0 Å². The number of pyridine rings is 1. The molecule has 0 aliphatic heterocycles. The molecule has 1 aromatic carbocycles. The number of benzene rings is 1. The Balaban J connectivity index is 1.81. The Bertz CT molecular complexity index is 878. The van der Waals surface area contributed by atoms with Gasteiger partial charge in [0.25, 0.3) is 5.91 Å². The second-order valence-corrected chi connectivity index (χ2v) is 5.36. The maximum Gasteiger partial charge on any atom is 0.273 e. The maximum atomic E-state index is 12.6. The SMILES string of the molecule is CCOc1ccc(OCC)c(NC(=O)c2cc(-c3ccccn3)n[nH]2)c1. The van der Waals surface area contributed by atoms with Gasteiger partial charge in [0, 0.05) is 12.3 Å². The van der Waals surface area contributed by atoms with Crippen molar-refractivity contribution in [2.24, 2.45) is 0 Å². The zero-order chi connectivity index (χ0) is 18.4. The molecule has 0 aliphatic carbocycles. The van der Waals surface area contributed by atoms with Crippen molar-refractivity contribution < 1.29 is 14.3 Å². The Morgan fingerprint density at radius 1 is 1.08 bits per heavy atom. The van der Waals surface area contributed by atoms with Crippen LogP contribution in [-0.2, 0) is 0 Å². The fourth-order valence-corrected chi connectivity index (χ4v) is 2.42. The lowest BCUT2D eigenvalue weighted by molar-refractivity contribution is 0.102. The van der Waals surface area contributed by atoms with Gasteiger partial charge >= 0.3 is 0 Å². The lowest BCUT2D eigenvalue weighted by Crippen LogP contribution is -2.13. The average Bonchev–Trinajstić information content (AvgIpc) is 3.15. The molecule has 2 aromatic heterocycles. The lowest BCUT2D eigenvalue weighted by Gasteiger charge is -2.13. The summed E-state index contributed by atoms with van der Waals surface area (Å²) in [7, 11) is 0. The van der Waals surface area contributed by atoms with Crippen LogP contribution in [0.15, 0.2) is 48.7 Å². The highest BCUT2D eigenvalue weighted by molar-refractivity contribution is 6.04. The van der Waals surface area contributed by atoms with Crippen LogP contribution in [0.2, 0.25) is 0 Å². The fourth-order valence-electron chi connectivity index (χ4n) is 2.42. The van der Waals surface area contributed by atoms with E-state index in [1.165, 1.54) is 0 Å². The number of nitrogens with zero attached hydrogens (tertiary/aromatic N) is 2. The quantitative estimate of drug-likeness (QED) is 0.679. The molecule has 0 bridgehead atoms. The Hall–Kier alpha value is -3.35. The zero-order valence-corrected chi connectivity index (χ0v) is 14.7. The second-order valence-electron chi connectivity index (χ2n) is 5.36. The second kappa shape index (κ2) is 8.15. The molecule has 0 saturated carbocycles. The number of aromatic amines is 1. The van der Waals surface area contributed by atoms with Crippen LogP contribution in [0.5, 0.6) is 11.5 Å². The normalized spacial score (nSPS) is 10.4. The van der Waals surface area contributed by atoms with Crippen molar-refractivity contribution in [3.63, 3.8) is 0 Å². The summed E-state index contributed by atoms with van der Waals surface area (Å²) in [5, 5.41) is 9.73. The third-order valence-corrected chi connectivity index (χ3v) is 3.56. The average molecular weight is 352 g/mol. The van der Waals surface area contributed by atoms with Crippen LogP contribution < -0.4 is 14.8 Å². The number of carbonyl (C=O) groups excluding carboxylic acids is 1. The molecule has 0 saturated heterocycles. The number of carbonyl (C=O) groups is 1. The third kappa shape index (κ3) is 4.00. The summed E-state index contributed by atoms with van der Waals surface area (Å²) >= 11 is 0. The number of amides is 1. The van der Waals surface area contributed by atoms with Crippen LogP contribution in [0.25, 0.3) is 11.4 Å². The van der Waals surface area contributed by atoms with E-state index < -0.39 is 0 Å². The summed E-state index contributed by atoms with van der Waals surface area (Å²) in [5.74, 6) is 0.910. The minimum Gasteiger partial charge on any atom is -0.494 e. The molecule has 1 amide bonds. The van der Waals surface area contributed by atoms with Crippen molar-refractivity contribution in [2.45, 2.75) is 13.8 Å². The van der Waals surface area contributed by atoms with Crippen LogP contribution in [0.4, 0.5) is 5.69 Å². The summed E-state index contributed by atoms with van der Waals surface area (Å²) in [6, 6.07) is 12.5. The molecule has 26 heavy (non-hydrogen) atoms. The smallest absolute Gasteiger partial charge is 0.273 e. The van der Waals surface area contributed by atoms with Crippen LogP contribution in [0.1, 0.15) is 24.3 Å². The van der Waals surface area contributed by atoms with Gasteiger partial charge < -0.3 is 14.8 Å². The van der Waals surface area contributed by atoms with Crippen LogP contribution in [0, 0.1) is 0 Å². The molecule has 7 nitrogen and oxygen atoms in total. The van der Waals surface area contributed by atoms with E-state index in [4.69, 9.17) is 9.47 Å². The topological polar surface area (TPSA) is 89.1 Å². The molecule has 7 heteroatoms. The number of hydrogen-bond donors (Lipinski definition) is 2. The molecule has 3 rings (SSSR count). The minimum atomic E-state index is -0.325. The van der Waals surface area contributed by atoms with Gasteiger partial charge in [0.15, 0.2) is 0 Å². The molecule has 0 unspecified atom stereocenters. The van der Waals surface area contributed by atoms with E-state index in [2.05, 4.69) is 20.5 Å². The number of H-pyrrole nitrogens is 1. The summed E-state index contributed by atoms with van der Waals surface area (Å²) in [6.07, 6.45) is 1.68. The van der Waals surface area contributed by atoms with Crippen molar-refractivity contribution in [1.82, 2.24) is 15.2 Å². The highest BCUT2D eigenvalue weighted by atomic mass is 16.5. The van der Waals surface area contributed by atoms with E-state index in [0.717, 1.165) is 0 Å². The van der Waals surface area contributed by atoms with Gasteiger partial charge in [-0.25, -0.2) is 0 Å². The first-order valence-corrected chi connectivity index (χ1v) is 8.39. The number of anilines is 1. The Morgan fingerprint density at radius 2 is 1.92 bits per heavy atom. The van der Waals surface area contributed by atoms with Gasteiger partial charge in [-0.1, -0.05) is 6.07 Å². The molecule has 0 atom stereocenters. The predicted molar refractivity (Wildman–Crippen MR) is 98.6 cm³/mol. The highest BCUT2D eigenvalue weighted by Gasteiger charge is 2.15. The summed E-state index contributed by atoms with van der Waals surface area (Å²) in [6.45, 7) is 4.81. The highest BCUT2D eigenvalue weighted by Crippen LogP contribution is 2.30. The van der Waals surface area contributed by atoms with E-state index in [1.54, 1.807) is 30.5 Å². The van der Waals surface area contributed by atoms with Crippen molar-refractivity contribution in [1.29, 1.82) is 0 Å². The van der Waals surface area contributed by atoms with Crippen LogP contribution in [-0.4, -0.2) is 34.3 Å². The van der Waals surface area contributed by atoms with E-state index in [-0.39, 0.29) is 5.91 Å². The molecule has 0 fully saturated rings. The lowest BCUT2D eigenvalue weighted by atomic mass is 10.2. The van der Waals surface area contributed by atoms with E-state index >= 15 is 0 Å². The van der Waals surface area contributed by atoms with Gasteiger partial charge in [0.05, 0.1) is 24.6 Å². The van der Waals surface area contributed by atoms with E-state index in [0.29, 0.717) is 47.5 Å². The molecule has 2 N–H and O–H groups in total. The Morgan fingerprint density at radius 3 is 2.65 bits per heavy atom. The molecule has 0 spiro atoms. The largest absolute Gasteiger partial charge is 0.494 e. The van der Waals surface area contributed by atoms with Gasteiger partial charge in [0.1, 0.15) is 22.9 Å². The van der Waals surface area contributed by atoms with Crippen molar-refractivity contribution in [2.75, 3.05) is 18.5 Å². The molecule has 0 aliphatic rings. The molecular formula is C19H20N4O3. The van der Waals surface area contributed by atoms with E-state index in [1.807, 2.05) is 32.0 Å². The van der Waals surface area contributed by atoms with Crippen LogP contribution >= 0.6 is 0 Å². The Labute approximate surface area is 151 Å². The van der Waals surface area contributed by atoms with Gasteiger partial charge in [-0.05, 0) is 44.2 Å². The van der Waals surface area contributed by atoms with Gasteiger partial charge in [-0.2, -0.15) is 5.10 Å². The first kappa shape index (κ1) is 17.5. The monoisotopic (exact) mass is 352 g/mol. The number of ether oxygens (including phenoxy) is 2. The van der Waals surface area contributed by atoms with Crippen molar-refractivity contribution in [3.8, 4) is 22.9 Å². The van der Waals surface area contributed by atoms with Gasteiger partial charge in [0.2, 0.25) is 0 Å². The maximum absolute atomic E-state index is 12.6. The number of rotatable bonds is 7. The van der Waals surface area contributed by atoms with Crippen molar-refractivity contribution >= 4 is 11.6 Å². The summed E-state index contributed by atoms with van der Waals surface area (Å²) < 4.78 is 11.1. The summed E-state index contributed by atoms with van der Waals surface area (Å²) in [4.78, 5) is 16.8. The molecule has 0 radical (unpaired) electrons. The summed E-state index contributed by atoms with van der Waals surface area (Å²) in [5.41, 5.74) is 2.16. The third-order valence-electron chi connectivity index (χ3n) is 3.56. The standard InChI is InChI=1S/C19H20N4O3/c1-3-25-13-8-9-18(26-4-2)16(11-13)21-19(24)17-12-15(22-23-17)14-7-5-6-10-20-14/h5-12H,3-4H2,1-2H3,(H,21,24)(H,22,23). The van der Waals surface area contributed by atoms with Crippen molar-refractivity contribution in [3.05, 3.63) is 54.4 Å². The molecule has 2 heterocycles. The van der Waals surface area contributed by atoms with Gasteiger partial charge in [-0.15, -0.1) is 0 Å². The number of nitrogens with one attached hydrogen (secondary N) is 2. The minimum absolute atomic E-state index is 0.325. The Kier molecular flexibility index (Phi) is 5.48. The molecule has 134 valence electrons. The number of aromatic nitrogens is 3. The van der Waals surface area contributed by atoms with E-state index in [9.17, 15) is 4.79 Å². The first-order valence-electron chi connectivity index (χ1n) is 8.39. The fraction of sp³-hybridized carbons (Fsp3) is 0.211. The first-order chi connectivity index (χ1) is 12.7. The molecule has 3 aromatic rings. The zero-order valence-electron chi connectivity index (χ0n) is 14.7. The van der Waals surface area contributed by atoms with Gasteiger partial charge in [-0.3, -0.25) is 14.9 Å².